The molecule has 1 N–H and O–H groups in total. The topological polar surface area (TPSA) is 127 Å². The number of amides is 1. The number of alkyl carbamates (subject to hydrolysis) is 1. The second-order valence-corrected chi connectivity index (χ2v) is 9.85. The predicted octanol–water partition coefficient (Wildman–Crippen LogP) is 3.71. The smallest absolute Gasteiger partial charge is 0.408 e. The van der Waals surface area contributed by atoms with Gasteiger partial charge < -0.3 is 19.5 Å². The van der Waals surface area contributed by atoms with Crippen LogP contribution in [0.5, 0.6) is 0 Å². The monoisotopic (exact) mass is 480 g/mol. The van der Waals surface area contributed by atoms with Crippen LogP contribution in [0.25, 0.3) is 0 Å². The van der Waals surface area contributed by atoms with Crippen LogP contribution in [0.4, 0.5) is 16.2 Å². The van der Waals surface area contributed by atoms with Crippen molar-refractivity contribution in [2.75, 3.05) is 31.1 Å². The summed E-state index contributed by atoms with van der Waals surface area (Å²) in [4.78, 5) is 31.6. The molecule has 0 unspecified atom stereocenters. The van der Waals surface area contributed by atoms with Crippen molar-refractivity contribution < 1.29 is 19.0 Å². The number of hydrogen-bond acceptors (Lipinski definition) is 9. The Bertz CT molecular complexity index is 1010. The molecular weight excluding hydrogens is 452 g/mol. The number of halogens is 1. The maximum Gasteiger partial charge on any atom is 0.408 e. The van der Waals surface area contributed by atoms with E-state index in [9.17, 15) is 14.9 Å². The summed E-state index contributed by atoms with van der Waals surface area (Å²) in [5, 5.41) is 18.5. The van der Waals surface area contributed by atoms with E-state index in [-0.39, 0.29) is 5.69 Å². The molecule has 1 aliphatic heterocycles. The van der Waals surface area contributed by atoms with Gasteiger partial charge in [0.05, 0.1) is 11.5 Å². The van der Waals surface area contributed by atoms with Gasteiger partial charge in [0.1, 0.15) is 16.8 Å². The number of nitrogens with one attached hydrogen (secondary N) is 1. The van der Waals surface area contributed by atoms with Crippen LogP contribution in [0.3, 0.4) is 0 Å². The van der Waals surface area contributed by atoms with E-state index >= 15 is 0 Å². The molecule has 0 bridgehead atoms. The molecule has 1 aromatic carbocycles. The fourth-order valence-corrected chi connectivity index (χ4v) is 3.60. The van der Waals surface area contributed by atoms with E-state index < -0.39 is 22.2 Å². The second kappa shape index (κ2) is 9.52. The molecule has 180 valence electrons. The van der Waals surface area contributed by atoms with E-state index in [1.165, 1.54) is 6.07 Å². The van der Waals surface area contributed by atoms with Crippen molar-refractivity contribution in [3.8, 4) is 0 Å². The number of carbonyl (C=O) groups is 1. The van der Waals surface area contributed by atoms with Gasteiger partial charge in [-0.05, 0) is 46.8 Å². The Morgan fingerprint density at radius 2 is 1.91 bits per heavy atom. The number of aromatic nitrogens is 2. The van der Waals surface area contributed by atoms with Crippen molar-refractivity contribution in [3.63, 3.8) is 0 Å². The van der Waals surface area contributed by atoms with Crippen molar-refractivity contribution in [1.82, 2.24) is 20.4 Å². The van der Waals surface area contributed by atoms with Crippen molar-refractivity contribution >= 4 is 29.1 Å². The zero-order chi connectivity index (χ0) is 24.4. The SMILES string of the molecule is CC(C)(C)OC(=O)NC(C)(C)c1noc(CN2CCN(c3ccc(Cl)cc3[N+](=O)[O-])CC2)n1. The van der Waals surface area contributed by atoms with Gasteiger partial charge in [-0.2, -0.15) is 4.98 Å². The zero-order valence-corrected chi connectivity index (χ0v) is 20.2. The fourth-order valence-electron chi connectivity index (χ4n) is 3.44. The average Bonchev–Trinajstić information content (AvgIpc) is 3.16. The third-order valence-corrected chi connectivity index (χ3v) is 5.28. The largest absolute Gasteiger partial charge is 0.444 e. The minimum absolute atomic E-state index is 0.00258. The fraction of sp³-hybridized carbons (Fsp3) is 0.571. The number of nitrogens with zero attached hydrogens (tertiary/aromatic N) is 5. The highest BCUT2D eigenvalue weighted by Crippen LogP contribution is 2.31. The Hall–Kier alpha value is -2.92. The lowest BCUT2D eigenvalue weighted by atomic mass is 10.1. The number of hydrogen-bond donors (Lipinski definition) is 1. The van der Waals surface area contributed by atoms with Gasteiger partial charge in [-0.1, -0.05) is 16.8 Å². The van der Waals surface area contributed by atoms with Crippen molar-refractivity contribution in [2.24, 2.45) is 0 Å². The van der Waals surface area contributed by atoms with E-state index in [2.05, 4.69) is 20.4 Å². The first-order valence-electron chi connectivity index (χ1n) is 10.6. The van der Waals surface area contributed by atoms with Crippen LogP contribution in [-0.4, -0.2) is 57.8 Å². The van der Waals surface area contributed by atoms with Gasteiger partial charge in [-0.25, -0.2) is 4.79 Å². The molecule has 0 aliphatic carbocycles. The van der Waals surface area contributed by atoms with Crippen molar-refractivity contribution in [2.45, 2.75) is 52.3 Å². The number of ether oxygens (including phenoxy) is 1. The van der Waals surface area contributed by atoms with E-state index in [1.807, 2.05) is 4.90 Å². The lowest BCUT2D eigenvalue weighted by Gasteiger charge is -2.35. The Labute approximate surface area is 197 Å². The molecule has 1 aliphatic rings. The Morgan fingerprint density at radius 3 is 2.52 bits per heavy atom. The van der Waals surface area contributed by atoms with Crippen LogP contribution < -0.4 is 10.2 Å². The number of piperazine rings is 1. The molecule has 3 rings (SSSR count). The molecule has 0 atom stereocenters. The minimum atomic E-state index is -0.879. The quantitative estimate of drug-likeness (QED) is 0.486. The van der Waals surface area contributed by atoms with Crippen LogP contribution in [0.15, 0.2) is 22.7 Å². The highest BCUT2D eigenvalue weighted by molar-refractivity contribution is 6.30. The number of anilines is 1. The lowest BCUT2D eigenvalue weighted by molar-refractivity contribution is -0.384. The Kier molecular flexibility index (Phi) is 7.13. The number of carbonyl (C=O) groups excluding carboxylic acids is 1. The van der Waals surface area contributed by atoms with Crippen LogP contribution in [0.1, 0.15) is 46.3 Å². The van der Waals surface area contributed by atoms with Crippen molar-refractivity contribution in [3.05, 3.63) is 45.1 Å². The number of rotatable bonds is 6. The van der Waals surface area contributed by atoms with Gasteiger partial charge in [-0.3, -0.25) is 15.0 Å². The molecule has 2 aromatic rings. The average molecular weight is 481 g/mol. The first-order chi connectivity index (χ1) is 15.3. The summed E-state index contributed by atoms with van der Waals surface area (Å²) in [5.74, 6) is 0.772. The number of nitro groups is 1. The van der Waals surface area contributed by atoms with Crippen molar-refractivity contribution in [1.29, 1.82) is 0 Å². The van der Waals surface area contributed by atoms with Gasteiger partial charge in [0.2, 0.25) is 5.89 Å². The second-order valence-electron chi connectivity index (χ2n) is 9.42. The number of nitro benzene ring substituents is 1. The molecule has 2 heterocycles. The van der Waals surface area contributed by atoms with Gasteiger partial charge in [0.15, 0.2) is 5.82 Å². The van der Waals surface area contributed by atoms with Crippen LogP contribution in [0.2, 0.25) is 5.02 Å². The maximum atomic E-state index is 12.1. The molecule has 33 heavy (non-hydrogen) atoms. The van der Waals surface area contributed by atoms with Gasteiger partial charge >= 0.3 is 6.09 Å². The molecule has 1 saturated heterocycles. The molecule has 1 aromatic heterocycles. The standard InChI is InChI=1S/C21H29ClN6O5/c1-20(2,3)32-19(29)24-21(4,5)18-23-17(33-25-18)13-26-8-10-27(11-9-26)15-7-6-14(22)12-16(15)28(30)31/h6-7,12H,8-11,13H2,1-5H3,(H,24,29). The minimum Gasteiger partial charge on any atom is -0.444 e. The molecule has 0 spiro atoms. The van der Waals surface area contributed by atoms with Gasteiger partial charge in [0.25, 0.3) is 5.69 Å². The van der Waals surface area contributed by atoms with Crippen LogP contribution in [-0.2, 0) is 16.8 Å². The van der Waals surface area contributed by atoms with Gasteiger partial charge in [0, 0.05) is 37.3 Å². The highest BCUT2D eigenvalue weighted by atomic mass is 35.5. The Morgan fingerprint density at radius 1 is 1.24 bits per heavy atom. The van der Waals surface area contributed by atoms with Gasteiger partial charge in [-0.15, -0.1) is 0 Å². The maximum absolute atomic E-state index is 12.1. The molecular formula is C21H29ClN6O5. The lowest BCUT2D eigenvalue weighted by Crippen LogP contribution is -2.46. The first-order valence-corrected chi connectivity index (χ1v) is 11.0. The van der Waals surface area contributed by atoms with E-state index in [0.29, 0.717) is 55.1 Å². The van der Waals surface area contributed by atoms with E-state index in [1.54, 1.807) is 46.8 Å². The Balaban J connectivity index is 1.58. The van der Waals surface area contributed by atoms with Crippen LogP contribution in [0, 0.1) is 10.1 Å². The molecule has 0 saturated carbocycles. The molecule has 0 radical (unpaired) electrons. The number of benzene rings is 1. The first kappa shape index (κ1) is 24.7. The third-order valence-electron chi connectivity index (χ3n) is 5.05. The zero-order valence-electron chi connectivity index (χ0n) is 19.4. The summed E-state index contributed by atoms with van der Waals surface area (Å²) in [6, 6.07) is 4.71. The third kappa shape index (κ3) is 6.55. The van der Waals surface area contributed by atoms with E-state index in [0.717, 1.165) is 0 Å². The summed E-state index contributed by atoms with van der Waals surface area (Å²) in [6.07, 6.45) is -0.564. The summed E-state index contributed by atoms with van der Waals surface area (Å²) in [7, 11) is 0. The highest BCUT2D eigenvalue weighted by Gasteiger charge is 2.31. The van der Waals surface area contributed by atoms with Crippen LogP contribution >= 0.6 is 11.6 Å². The molecule has 11 nitrogen and oxygen atoms in total. The molecule has 1 fully saturated rings. The summed E-state index contributed by atoms with van der Waals surface area (Å²) in [5.41, 5.74) is -0.940. The molecule has 12 heteroatoms. The summed E-state index contributed by atoms with van der Waals surface area (Å²) >= 11 is 5.92. The van der Waals surface area contributed by atoms with E-state index in [4.69, 9.17) is 20.9 Å². The normalized spacial score (nSPS) is 15.4. The summed E-state index contributed by atoms with van der Waals surface area (Å²) in [6.45, 7) is 11.9. The molecule has 1 amide bonds. The predicted molar refractivity (Wildman–Crippen MR) is 122 cm³/mol. The summed E-state index contributed by atoms with van der Waals surface area (Å²) < 4.78 is 10.7.